The molecule has 0 aliphatic heterocycles. The van der Waals surface area contributed by atoms with Crippen LogP contribution in [0.2, 0.25) is 0 Å². The highest BCUT2D eigenvalue weighted by Crippen LogP contribution is 2.13. The summed E-state index contributed by atoms with van der Waals surface area (Å²) >= 11 is 0. The lowest BCUT2D eigenvalue weighted by Gasteiger charge is -2.14. The third-order valence-corrected chi connectivity index (χ3v) is 3.08. The van der Waals surface area contributed by atoms with Crippen molar-refractivity contribution in [3.63, 3.8) is 0 Å². The lowest BCUT2D eigenvalue weighted by atomic mass is 10.0. The minimum atomic E-state index is -0.289. The Kier molecular flexibility index (Phi) is 5.53. The number of hydrogen-bond acceptors (Lipinski definition) is 2. The van der Waals surface area contributed by atoms with Crippen LogP contribution in [0.3, 0.4) is 0 Å². The van der Waals surface area contributed by atoms with E-state index in [9.17, 15) is 4.79 Å². The molecule has 0 spiro atoms. The van der Waals surface area contributed by atoms with E-state index in [-0.39, 0.29) is 5.91 Å². The summed E-state index contributed by atoms with van der Waals surface area (Å²) in [6, 6.07) is 7.89. The monoisotopic (exact) mass is 234 g/mol. The zero-order chi connectivity index (χ0) is 12.7. The Morgan fingerprint density at radius 3 is 2.29 bits per heavy atom. The Morgan fingerprint density at radius 2 is 1.82 bits per heavy atom. The second-order valence-electron chi connectivity index (χ2n) is 4.40. The van der Waals surface area contributed by atoms with Crippen LogP contribution in [0.25, 0.3) is 0 Å². The molecule has 0 unspecified atom stereocenters. The predicted octanol–water partition coefficient (Wildman–Crippen LogP) is 2.56. The Morgan fingerprint density at radius 1 is 1.24 bits per heavy atom. The molecule has 0 saturated carbocycles. The normalized spacial score (nSPS) is 10.5. The minimum absolute atomic E-state index is 0.289. The first-order valence-corrected chi connectivity index (χ1v) is 6.26. The van der Waals surface area contributed by atoms with Crippen LogP contribution in [0.4, 0.5) is 5.69 Å². The number of nitrogens with one attached hydrogen (secondary N) is 1. The number of benzene rings is 1. The standard InChI is InChI=1S/C14H22N2O/c1-3-11(4-2)10-16-13-7-5-12(6-8-13)9-14(15)17/h5-8,11,16H,3-4,9-10H2,1-2H3,(H2,15,17). The van der Waals surface area contributed by atoms with E-state index in [1.807, 2.05) is 24.3 Å². The summed E-state index contributed by atoms with van der Waals surface area (Å²) in [5.41, 5.74) is 7.21. The van der Waals surface area contributed by atoms with E-state index in [1.54, 1.807) is 0 Å². The van der Waals surface area contributed by atoms with E-state index < -0.39 is 0 Å². The number of primary amides is 1. The molecule has 0 aliphatic carbocycles. The Bertz CT molecular complexity index is 342. The van der Waals surface area contributed by atoms with Crippen LogP contribution in [-0.4, -0.2) is 12.5 Å². The van der Waals surface area contributed by atoms with Crippen LogP contribution in [0, 0.1) is 5.92 Å². The zero-order valence-corrected chi connectivity index (χ0v) is 10.7. The van der Waals surface area contributed by atoms with E-state index >= 15 is 0 Å². The summed E-state index contributed by atoms with van der Waals surface area (Å²) in [7, 11) is 0. The SMILES string of the molecule is CCC(CC)CNc1ccc(CC(N)=O)cc1. The van der Waals surface area contributed by atoms with Gasteiger partial charge in [0, 0.05) is 12.2 Å². The summed E-state index contributed by atoms with van der Waals surface area (Å²) in [4.78, 5) is 10.8. The van der Waals surface area contributed by atoms with Crippen LogP contribution in [0.1, 0.15) is 32.3 Å². The van der Waals surface area contributed by atoms with Gasteiger partial charge in [0.2, 0.25) is 5.91 Å². The quantitative estimate of drug-likeness (QED) is 0.761. The molecule has 0 heterocycles. The van der Waals surface area contributed by atoms with Crippen molar-refractivity contribution in [1.82, 2.24) is 0 Å². The third kappa shape index (κ3) is 4.89. The summed E-state index contributed by atoms with van der Waals surface area (Å²) in [5, 5.41) is 3.41. The number of carbonyl (C=O) groups excluding carboxylic acids is 1. The number of nitrogens with two attached hydrogens (primary N) is 1. The van der Waals surface area contributed by atoms with Gasteiger partial charge in [-0.05, 0) is 23.6 Å². The van der Waals surface area contributed by atoms with Crippen molar-refractivity contribution in [3.05, 3.63) is 29.8 Å². The molecule has 0 saturated heterocycles. The Labute approximate surface area is 103 Å². The summed E-state index contributed by atoms with van der Waals surface area (Å²) in [5.74, 6) is 0.433. The van der Waals surface area contributed by atoms with Crippen molar-refractivity contribution < 1.29 is 4.79 Å². The van der Waals surface area contributed by atoms with Crippen molar-refractivity contribution in [3.8, 4) is 0 Å². The molecule has 3 heteroatoms. The number of anilines is 1. The lowest BCUT2D eigenvalue weighted by molar-refractivity contribution is -0.117. The Hall–Kier alpha value is -1.51. The number of rotatable bonds is 7. The average Bonchev–Trinajstić information content (AvgIpc) is 2.32. The van der Waals surface area contributed by atoms with Gasteiger partial charge in [-0.3, -0.25) is 4.79 Å². The van der Waals surface area contributed by atoms with Crippen molar-refractivity contribution >= 4 is 11.6 Å². The molecular weight excluding hydrogens is 212 g/mol. The Balaban J connectivity index is 2.47. The van der Waals surface area contributed by atoms with Gasteiger partial charge < -0.3 is 11.1 Å². The maximum atomic E-state index is 10.8. The average molecular weight is 234 g/mol. The molecule has 0 atom stereocenters. The first kappa shape index (κ1) is 13.6. The van der Waals surface area contributed by atoms with Gasteiger partial charge in [0.05, 0.1) is 6.42 Å². The summed E-state index contributed by atoms with van der Waals surface area (Å²) < 4.78 is 0. The van der Waals surface area contributed by atoms with Gasteiger partial charge in [0.15, 0.2) is 0 Å². The largest absolute Gasteiger partial charge is 0.385 e. The minimum Gasteiger partial charge on any atom is -0.385 e. The van der Waals surface area contributed by atoms with Crippen molar-refractivity contribution in [2.75, 3.05) is 11.9 Å². The van der Waals surface area contributed by atoms with Crippen molar-refractivity contribution in [1.29, 1.82) is 0 Å². The van der Waals surface area contributed by atoms with Gasteiger partial charge in [-0.25, -0.2) is 0 Å². The second kappa shape index (κ2) is 6.94. The van der Waals surface area contributed by atoms with Gasteiger partial charge >= 0.3 is 0 Å². The molecule has 0 bridgehead atoms. The number of hydrogen-bond donors (Lipinski definition) is 2. The molecule has 17 heavy (non-hydrogen) atoms. The highest BCUT2D eigenvalue weighted by Gasteiger charge is 2.03. The maximum absolute atomic E-state index is 10.8. The molecular formula is C14H22N2O. The van der Waals surface area contributed by atoms with E-state index in [0.29, 0.717) is 6.42 Å². The molecule has 1 aromatic rings. The van der Waals surface area contributed by atoms with E-state index in [1.165, 1.54) is 12.8 Å². The van der Waals surface area contributed by atoms with Gasteiger partial charge in [-0.15, -0.1) is 0 Å². The fraction of sp³-hybridized carbons (Fsp3) is 0.500. The number of amides is 1. The van der Waals surface area contributed by atoms with E-state index in [4.69, 9.17) is 5.73 Å². The van der Waals surface area contributed by atoms with Crippen LogP contribution in [0.5, 0.6) is 0 Å². The molecule has 1 aromatic carbocycles. The van der Waals surface area contributed by atoms with Gasteiger partial charge in [0.25, 0.3) is 0 Å². The van der Waals surface area contributed by atoms with Gasteiger partial charge in [0.1, 0.15) is 0 Å². The molecule has 1 rings (SSSR count). The molecule has 3 N–H and O–H groups in total. The van der Waals surface area contributed by atoms with Crippen molar-refractivity contribution in [2.45, 2.75) is 33.1 Å². The summed E-state index contributed by atoms with van der Waals surface area (Å²) in [6.07, 6.45) is 2.71. The van der Waals surface area contributed by atoms with E-state index in [2.05, 4.69) is 19.2 Å². The van der Waals surface area contributed by atoms with Crippen LogP contribution in [0.15, 0.2) is 24.3 Å². The molecule has 0 aliphatic rings. The molecule has 3 nitrogen and oxygen atoms in total. The third-order valence-electron chi connectivity index (χ3n) is 3.08. The fourth-order valence-electron chi connectivity index (χ4n) is 1.78. The molecule has 0 aromatic heterocycles. The molecule has 0 fully saturated rings. The molecule has 94 valence electrons. The van der Waals surface area contributed by atoms with E-state index in [0.717, 1.165) is 23.7 Å². The first-order valence-electron chi connectivity index (χ1n) is 6.26. The fourth-order valence-corrected chi connectivity index (χ4v) is 1.78. The van der Waals surface area contributed by atoms with Gasteiger partial charge in [-0.1, -0.05) is 38.8 Å². The molecule has 0 radical (unpaired) electrons. The first-order chi connectivity index (χ1) is 8.15. The predicted molar refractivity (Wildman–Crippen MR) is 71.9 cm³/mol. The lowest BCUT2D eigenvalue weighted by Crippen LogP contribution is -2.14. The smallest absolute Gasteiger partial charge is 0.221 e. The highest BCUT2D eigenvalue weighted by atomic mass is 16.1. The zero-order valence-electron chi connectivity index (χ0n) is 10.7. The topological polar surface area (TPSA) is 55.1 Å². The second-order valence-corrected chi connectivity index (χ2v) is 4.40. The van der Waals surface area contributed by atoms with Gasteiger partial charge in [-0.2, -0.15) is 0 Å². The summed E-state index contributed by atoms with van der Waals surface area (Å²) in [6.45, 7) is 5.43. The number of carbonyl (C=O) groups is 1. The maximum Gasteiger partial charge on any atom is 0.221 e. The van der Waals surface area contributed by atoms with Crippen LogP contribution < -0.4 is 11.1 Å². The van der Waals surface area contributed by atoms with Crippen LogP contribution in [-0.2, 0) is 11.2 Å². The highest BCUT2D eigenvalue weighted by molar-refractivity contribution is 5.76. The molecule has 1 amide bonds. The van der Waals surface area contributed by atoms with Crippen LogP contribution >= 0.6 is 0 Å². The van der Waals surface area contributed by atoms with Crippen molar-refractivity contribution in [2.24, 2.45) is 11.7 Å².